The quantitative estimate of drug-likeness (QED) is 0.733. The van der Waals surface area contributed by atoms with Crippen molar-refractivity contribution in [2.75, 3.05) is 18.4 Å². The van der Waals surface area contributed by atoms with Crippen molar-refractivity contribution in [2.45, 2.75) is 25.1 Å². The first-order valence-electron chi connectivity index (χ1n) is 6.68. The number of pyridine rings is 1. The highest BCUT2D eigenvalue weighted by Crippen LogP contribution is 2.23. The highest BCUT2D eigenvalue weighted by atomic mass is 19.4. The van der Waals surface area contributed by atoms with Gasteiger partial charge in [0.25, 0.3) is 5.91 Å². The summed E-state index contributed by atoms with van der Waals surface area (Å²) in [5.41, 5.74) is 0.227. The molecule has 0 aromatic carbocycles. The molecule has 120 valence electrons. The van der Waals surface area contributed by atoms with Crippen LogP contribution in [-0.4, -0.2) is 42.1 Å². The van der Waals surface area contributed by atoms with Crippen LogP contribution < -0.4 is 16.0 Å². The number of aromatic nitrogens is 1. The Morgan fingerprint density at radius 3 is 2.50 bits per heavy atom. The Balaban J connectivity index is 1.75. The lowest BCUT2D eigenvalue weighted by atomic mass is 10.2. The maximum Gasteiger partial charge on any atom is 0.405 e. The zero-order valence-electron chi connectivity index (χ0n) is 11.5. The van der Waals surface area contributed by atoms with Gasteiger partial charge in [0.05, 0.1) is 12.1 Å². The highest BCUT2D eigenvalue weighted by molar-refractivity contribution is 5.96. The van der Waals surface area contributed by atoms with Gasteiger partial charge in [0, 0.05) is 12.2 Å². The number of halogens is 3. The van der Waals surface area contributed by atoms with Gasteiger partial charge in [-0.2, -0.15) is 13.2 Å². The molecule has 0 saturated heterocycles. The third-order valence-electron chi connectivity index (χ3n) is 2.85. The van der Waals surface area contributed by atoms with Gasteiger partial charge in [-0.3, -0.25) is 9.59 Å². The molecule has 9 heteroatoms. The van der Waals surface area contributed by atoms with E-state index in [0.717, 1.165) is 12.8 Å². The van der Waals surface area contributed by atoms with Gasteiger partial charge in [-0.05, 0) is 25.0 Å². The average Bonchev–Trinajstić information content (AvgIpc) is 3.26. The van der Waals surface area contributed by atoms with Crippen molar-refractivity contribution in [1.82, 2.24) is 15.6 Å². The summed E-state index contributed by atoms with van der Waals surface area (Å²) < 4.78 is 35.7. The topological polar surface area (TPSA) is 83.1 Å². The second-order valence-corrected chi connectivity index (χ2v) is 4.93. The Morgan fingerprint density at radius 1 is 1.23 bits per heavy atom. The largest absolute Gasteiger partial charge is 0.405 e. The van der Waals surface area contributed by atoms with E-state index >= 15 is 0 Å². The van der Waals surface area contributed by atoms with Crippen LogP contribution in [0.3, 0.4) is 0 Å². The number of nitrogens with one attached hydrogen (secondary N) is 3. The molecule has 0 radical (unpaired) electrons. The highest BCUT2D eigenvalue weighted by Gasteiger charge is 2.27. The van der Waals surface area contributed by atoms with E-state index in [0.29, 0.717) is 11.9 Å². The smallest absolute Gasteiger partial charge is 0.367 e. The minimum atomic E-state index is -4.48. The Labute approximate surface area is 124 Å². The number of hydrogen-bond donors (Lipinski definition) is 3. The first kappa shape index (κ1) is 16.1. The molecule has 3 N–H and O–H groups in total. The molecular formula is C13H15F3N4O2. The van der Waals surface area contributed by atoms with Gasteiger partial charge in [-0.25, -0.2) is 4.98 Å². The number of nitrogens with zero attached hydrogens (tertiary/aromatic N) is 1. The first-order chi connectivity index (χ1) is 10.3. The van der Waals surface area contributed by atoms with Crippen molar-refractivity contribution >= 4 is 17.6 Å². The number of hydrogen-bond acceptors (Lipinski definition) is 4. The van der Waals surface area contributed by atoms with Crippen molar-refractivity contribution in [3.63, 3.8) is 0 Å². The van der Waals surface area contributed by atoms with E-state index in [1.54, 1.807) is 11.4 Å². The van der Waals surface area contributed by atoms with Crippen molar-refractivity contribution in [3.05, 3.63) is 23.9 Å². The summed E-state index contributed by atoms with van der Waals surface area (Å²) in [4.78, 5) is 26.9. The normalized spacial score (nSPS) is 14.3. The molecule has 1 heterocycles. The van der Waals surface area contributed by atoms with Crippen LogP contribution in [0.5, 0.6) is 0 Å². The van der Waals surface area contributed by atoms with Gasteiger partial charge in [0.1, 0.15) is 12.4 Å². The number of alkyl halides is 3. The molecule has 1 saturated carbocycles. The fourth-order valence-corrected chi connectivity index (χ4v) is 1.57. The van der Waals surface area contributed by atoms with E-state index in [2.05, 4.69) is 15.6 Å². The molecule has 1 aromatic heterocycles. The Kier molecular flexibility index (Phi) is 4.84. The zero-order valence-corrected chi connectivity index (χ0v) is 11.5. The maximum atomic E-state index is 11.9. The first-order valence-corrected chi connectivity index (χ1v) is 6.68. The molecule has 1 fully saturated rings. The third kappa shape index (κ3) is 5.58. The molecule has 0 aliphatic heterocycles. The summed E-state index contributed by atoms with van der Waals surface area (Å²) in [6.45, 7) is -1.96. The molecule has 0 bridgehead atoms. The SMILES string of the molecule is O=C(CNC(=O)c1ccc(NC2CC2)nc1)NCC(F)(F)F. The summed E-state index contributed by atoms with van der Waals surface area (Å²) in [5.74, 6) is -0.833. The van der Waals surface area contributed by atoms with Crippen LogP contribution in [0.25, 0.3) is 0 Å². The summed E-state index contributed by atoms with van der Waals surface area (Å²) in [5, 5.41) is 7.04. The minimum Gasteiger partial charge on any atom is -0.367 e. The van der Waals surface area contributed by atoms with Crippen LogP contribution >= 0.6 is 0 Å². The molecular weight excluding hydrogens is 301 g/mol. The van der Waals surface area contributed by atoms with Crippen LogP contribution in [0.2, 0.25) is 0 Å². The minimum absolute atomic E-state index is 0.227. The van der Waals surface area contributed by atoms with Crippen LogP contribution in [0.4, 0.5) is 19.0 Å². The van der Waals surface area contributed by atoms with Crippen molar-refractivity contribution < 1.29 is 22.8 Å². The average molecular weight is 316 g/mol. The van der Waals surface area contributed by atoms with Gasteiger partial charge >= 0.3 is 6.18 Å². The summed E-state index contributed by atoms with van der Waals surface area (Å²) in [6.07, 6.45) is -0.949. The van der Waals surface area contributed by atoms with Crippen LogP contribution in [0, 0.1) is 0 Å². The molecule has 2 rings (SSSR count). The van der Waals surface area contributed by atoms with Gasteiger partial charge in [-0.1, -0.05) is 0 Å². The summed E-state index contributed by atoms with van der Waals surface area (Å²) in [7, 11) is 0. The number of anilines is 1. The zero-order chi connectivity index (χ0) is 16.2. The van der Waals surface area contributed by atoms with Crippen molar-refractivity contribution in [3.8, 4) is 0 Å². The maximum absolute atomic E-state index is 11.9. The number of carbonyl (C=O) groups is 2. The number of carbonyl (C=O) groups excluding carboxylic acids is 2. The van der Waals surface area contributed by atoms with Crippen molar-refractivity contribution in [2.24, 2.45) is 0 Å². The van der Waals surface area contributed by atoms with Crippen LogP contribution in [0.15, 0.2) is 18.3 Å². The molecule has 0 unspecified atom stereocenters. The molecule has 1 aliphatic carbocycles. The van der Waals surface area contributed by atoms with E-state index in [1.807, 2.05) is 0 Å². The van der Waals surface area contributed by atoms with E-state index in [1.165, 1.54) is 12.3 Å². The van der Waals surface area contributed by atoms with E-state index in [-0.39, 0.29) is 5.56 Å². The molecule has 22 heavy (non-hydrogen) atoms. The van der Waals surface area contributed by atoms with Gasteiger partial charge in [0.15, 0.2) is 0 Å². The fourth-order valence-electron chi connectivity index (χ4n) is 1.57. The predicted molar refractivity (Wildman–Crippen MR) is 72.3 cm³/mol. The molecule has 0 spiro atoms. The summed E-state index contributed by atoms with van der Waals surface area (Å²) >= 11 is 0. The molecule has 1 aliphatic rings. The monoisotopic (exact) mass is 316 g/mol. The van der Waals surface area contributed by atoms with Crippen LogP contribution in [0.1, 0.15) is 23.2 Å². The lowest BCUT2D eigenvalue weighted by Gasteiger charge is -2.09. The van der Waals surface area contributed by atoms with E-state index in [4.69, 9.17) is 0 Å². The van der Waals surface area contributed by atoms with E-state index in [9.17, 15) is 22.8 Å². The Bertz CT molecular complexity index is 541. The Hall–Kier alpha value is -2.32. The molecule has 0 atom stereocenters. The van der Waals surface area contributed by atoms with E-state index < -0.39 is 31.1 Å². The predicted octanol–water partition coefficient (Wildman–Crippen LogP) is 1.06. The lowest BCUT2D eigenvalue weighted by Crippen LogP contribution is -2.40. The second kappa shape index (κ2) is 6.63. The lowest BCUT2D eigenvalue weighted by molar-refractivity contribution is -0.137. The Morgan fingerprint density at radius 2 is 1.95 bits per heavy atom. The fraction of sp³-hybridized carbons (Fsp3) is 0.462. The van der Waals surface area contributed by atoms with Crippen LogP contribution in [-0.2, 0) is 4.79 Å². The van der Waals surface area contributed by atoms with Gasteiger partial charge < -0.3 is 16.0 Å². The second-order valence-electron chi connectivity index (χ2n) is 4.93. The molecule has 1 aromatic rings. The number of rotatable bonds is 6. The van der Waals surface area contributed by atoms with Gasteiger partial charge in [0.2, 0.25) is 5.91 Å². The third-order valence-corrected chi connectivity index (χ3v) is 2.85. The number of amides is 2. The summed E-state index contributed by atoms with van der Waals surface area (Å²) in [6, 6.07) is 3.60. The van der Waals surface area contributed by atoms with Crippen molar-refractivity contribution in [1.29, 1.82) is 0 Å². The standard InChI is InChI=1S/C13H15F3N4O2/c14-13(15,16)7-19-11(21)6-18-12(22)8-1-4-10(17-5-8)20-9-2-3-9/h1,4-5,9H,2-3,6-7H2,(H,17,20)(H,18,22)(H,19,21). The molecule has 2 amide bonds. The van der Waals surface area contributed by atoms with Gasteiger partial charge in [-0.15, -0.1) is 0 Å². The molecule has 6 nitrogen and oxygen atoms in total.